The molecule has 0 bridgehead atoms. The van der Waals surface area contributed by atoms with Crippen molar-refractivity contribution in [3.63, 3.8) is 0 Å². The van der Waals surface area contributed by atoms with Crippen LogP contribution in [0.2, 0.25) is 0 Å². The third-order valence-corrected chi connectivity index (χ3v) is 5.09. The molecule has 0 radical (unpaired) electrons. The number of benzene rings is 2. The molecular weight excluding hydrogens is 362 g/mol. The Hall–Kier alpha value is -3.08. The number of imidazole rings is 1. The number of unbranched alkanes of at least 4 members (excludes halogenated alkanes) is 1. The summed E-state index contributed by atoms with van der Waals surface area (Å²) in [4.78, 5) is 16.1. The Balaban J connectivity index is 1.56. The Morgan fingerprint density at radius 3 is 2.79 bits per heavy atom. The predicted molar refractivity (Wildman–Crippen MR) is 117 cm³/mol. The lowest BCUT2D eigenvalue weighted by Gasteiger charge is -2.11. The fourth-order valence-corrected chi connectivity index (χ4v) is 3.30. The molecule has 0 aliphatic rings. The summed E-state index contributed by atoms with van der Waals surface area (Å²) in [5.41, 5.74) is 4.65. The minimum absolute atomic E-state index is 0.156. The van der Waals surface area contributed by atoms with Crippen molar-refractivity contribution >= 4 is 16.9 Å². The van der Waals surface area contributed by atoms with Crippen LogP contribution in [0.4, 0.5) is 0 Å². The normalized spacial score (nSPS) is 10.8. The van der Waals surface area contributed by atoms with E-state index in [9.17, 15) is 4.79 Å². The molecule has 2 aromatic carbocycles. The van der Waals surface area contributed by atoms with Gasteiger partial charge in [0.25, 0.3) is 0 Å². The van der Waals surface area contributed by atoms with Crippen molar-refractivity contribution in [1.82, 2.24) is 14.9 Å². The standard InChI is InChI=1S/C24H29N3O2/c1-4-24(28)25-14-13-23-26-21-9-5-6-10-22(21)27(23)15-7-8-16-29-20-12-11-18(2)19(3)17-20/h4-6,9-12,17H,1,7-8,13-16H2,2-3H3,(H,25,28). The van der Waals surface area contributed by atoms with Crippen LogP contribution >= 0.6 is 0 Å². The lowest BCUT2D eigenvalue weighted by molar-refractivity contribution is -0.116. The van der Waals surface area contributed by atoms with Crippen molar-refractivity contribution < 1.29 is 9.53 Å². The van der Waals surface area contributed by atoms with E-state index in [1.54, 1.807) is 0 Å². The molecule has 152 valence electrons. The van der Waals surface area contributed by atoms with Crippen molar-refractivity contribution in [2.45, 2.75) is 39.7 Å². The number of hydrogen-bond acceptors (Lipinski definition) is 3. The highest BCUT2D eigenvalue weighted by molar-refractivity contribution is 5.86. The summed E-state index contributed by atoms with van der Waals surface area (Å²) in [7, 11) is 0. The maximum atomic E-state index is 11.4. The Bertz CT molecular complexity index is 991. The SMILES string of the molecule is C=CC(=O)NCCc1nc2ccccc2n1CCCCOc1ccc(C)c(C)c1. The van der Waals surface area contributed by atoms with Gasteiger partial charge < -0.3 is 14.6 Å². The first-order valence-electron chi connectivity index (χ1n) is 10.1. The molecule has 0 spiro atoms. The molecular formula is C24H29N3O2. The molecule has 0 aliphatic heterocycles. The molecule has 3 rings (SSSR count). The summed E-state index contributed by atoms with van der Waals surface area (Å²) in [5.74, 6) is 1.77. The average Bonchev–Trinajstić information content (AvgIpc) is 3.07. The van der Waals surface area contributed by atoms with Crippen LogP contribution in [0.3, 0.4) is 0 Å². The van der Waals surface area contributed by atoms with Gasteiger partial charge >= 0.3 is 0 Å². The molecule has 1 amide bonds. The molecule has 29 heavy (non-hydrogen) atoms. The Kier molecular flexibility index (Phi) is 7.06. The number of para-hydroxylation sites is 2. The van der Waals surface area contributed by atoms with E-state index in [1.807, 2.05) is 24.3 Å². The fraction of sp³-hybridized carbons (Fsp3) is 0.333. The van der Waals surface area contributed by atoms with E-state index in [0.29, 0.717) is 19.6 Å². The number of hydrogen-bond donors (Lipinski definition) is 1. The fourth-order valence-electron chi connectivity index (χ4n) is 3.30. The van der Waals surface area contributed by atoms with E-state index in [2.05, 4.69) is 48.5 Å². The quantitative estimate of drug-likeness (QED) is 0.413. The number of carbonyl (C=O) groups excluding carboxylic acids is 1. The van der Waals surface area contributed by atoms with Crippen LogP contribution in [-0.2, 0) is 17.8 Å². The minimum Gasteiger partial charge on any atom is -0.494 e. The highest BCUT2D eigenvalue weighted by atomic mass is 16.5. The molecule has 0 unspecified atom stereocenters. The van der Waals surface area contributed by atoms with Crippen LogP contribution in [0.15, 0.2) is 55.1 Å². The van der Waals surface area contributed by atoms with E-state index in [-0.39, 0.29) is 5.91 Å². The van der Waals surface area contributed by atoms with Gasteiger partial charge in [0.15, 0.2) is 0 Å². The van der Waals surface area contributed by atoms with E-state index in [4.69, 9.17) is 9.72 Å². The second kappa shape index (κ2) is 9.92. The van der Waals surface area contributed by atoms with Crippen molar-refractivity contribution in [3.05, 3.63) is 72.1 Å². The van der Waals surface area contributed by atoms with Crippen LogP contribution < -0.4 is 10.1 Å². The Morgan fingerprint density at radius 2 is 2.00 bits per heavy atom. The number of nitrogens with one attached hydrogen (secondary N) is 1. The molecule has 0 atom stereocenters. The lowest BCUT2D eigenvalue weighted by Crippen LogP contribution is -2.24. The van der Waals surface area contributed by atoms with Gasteiger partial charge in [-0.2, -0.15) is 0 Å². The summed E-state index contributed by atoms with van der Waals surface area (Å²) in [6, 6.07) is 14.4. The van der Waals surface area contributed by atoms with Gasteiger partial charge in [0, 0.05) is 19.5 Å². The number of ether oxygens (including phenoxy) is 1. The topological polar surface area (TPSA) is 56.2 Å². The summed E-state index contributed by atoms with van der Waals surface area (Å²) in [5, 5.41) is 2.83. The lowest BCUT2D eigenvalue weighted by atomic mass is 10.1. The van der Waals surface area contributed by atoms with Gasteiger partial charge in [-0.3, -0.25) is 4.79 Å². The van der Waals surface area contributed by atoms with Gasteiger partial charge in [0.2, 0.25) is 5.91 Å². The molecule has 1 N–H and O–H groups in total. The highest BCUT2D eigenvalue weighted by Gasteiger charge is 2.10. The van der Waals surface area contributed by atoms with Crippen LogP contribution in [0.1, 0.15) is 29.8 Å². The van der Waals surface area contributed by atoms with E-state index in [1.165, 1.54) is 17.2 Å². The Labute approximate surface area is 172 Å². The van der Waals surface area contributed by atoms with Crippen molar-refractivity contribution in [2.75, 3.05) is 13.2 Å². The zero-order valence-corrected chi connectivity index (χ0v) is 17.3. The molecule has 0 saturated carbocycles. The predicted octanol–water partition coefficient (Wildman–Crippen LogP) is 4.36. The number of aryl methyl sites for hydroxylation is 3. The van der Waals surface area contributed by atoms with Gasteiger partial charge in [0.05, 0.1) is 17.6 Å². The van der Waals surface area contributed by atoms with Gasteiger partial charge in [-0.05, 0) is 68.2 Å². The van der Waals surface area contributed by atoms with Crippen LogP contribution in [0, 0.1) is 13.8 Å². The molecule has 0 fully saturated rings. The third kappa shape index (κ3) is 5.47. The monoisotopic (exact) mass is 391 g/mol. The van der Waals surface area contributed by atoms with E-state index >= 15 is 0 Å². The number of nitrogens with zero attached hydrogens (tertiary/aromatic N) is 2. The number of carbonyl (C=O) groups is 1. The van der Waals surface area contributed by atoms with E-state index < -0.39 is 0 Å². The molecule has 3 aromatic rings. The van der Waals surface area contributed by atoms with Crippen LogP contribution in [-0.4, -0.2) is 28.6 Å². The van der Waals surface area contributed by atoms with Crippen LogP contribution in [0.5, 0.6) is 5.75 Å². The first kappa shape index (κ1) is 20.6. The van der Waals surface area contributed by atoms with Crippen molar-refractivity contribution in [3.8, 4) is 5.75 Å². The molecule has 0 saturated heterocycles. The van der Waals surface area contributed by atoms with Gasteiger partial charge in [0.1, 0.15) is 11.6 Å². The number of fused-ring (bicyclic) bond motifs is 1. The summed E-state index contributed by atoms with van der Waals surface area (Å²) in [6.45, 7) is 9.81. The minimum atomic E-state index is -0.156. The zero-order valence-electron chi connectivity index (χ0n) is 17.3. The van der Waals surface area contributed by atoms with Crippen molar-refractivity contribution in [1.29, 1.82) is 0 Å². The molecule has 5 heteroatoms. The largest absolute Gasteiger partial charge is 0.494 e. The maximum Gasteiger partial charge on any atom is 0.243 e. The van der Waals surface area contributed by atoms with Gasteiger partial charge in [-0.15, -0.1) is 0 Å². The second-order valence-corrected chi connectivity index (χ2v) is 7.22. The Morgan fingerprint density at radius 1 is 1.17 bits per heavy atom. The summed E-state index contributed by atoms with van der Waals surface area (Å²) in [6.07, 6.45) is 3.94. The zero-order chi connectivity index (χ0) is 20.6. The smallest absolute Gasteiger partial charge is 0.243 e. The van der Waals surface area contributed by atoms with Gasteiger partial charge in [-0.1, -0.05) is 24.8 Å². The number of rotatable bonds is 10. The number of amides is 1. The van der Waals surface area contributed by atoms with Crippen molar-refractivity contribution in [2.24, 2.45) is 0 Å². The molecule has 1 heterocycles. The average molecular weight is 392 g/mol. The highest BCUT2D eigenvalue weighted by Crippen LogP contribution is 2.19. The number of aromatic nitrogens is 2. The summed E-state index contributed by atoms with van der Waals surface area (Å²) < 4.78 is 8.16. The van der Waals surface area contributed by atoms with Crippen LogP contribution in [0.25, 0.3) is 11.0 Å². The van der Waals surface area contributed by atoms with E-state index in [0.717, 1.165) is 42.0 Å². The third-order valence-electron chi connectivity index (χ3n) is 5.09. The maximum absolute atomic E-state index is 11.4. The second-order valence-electron chi connectivity index (χ2n) is 7.22. The molecule has 5 nitrogen and oxygen atoms in total. The first-order chi connectivity index (χ1) is 14.1. The molecule has 0 aliphatic carbocycles. The first-order valence-corrected chi connectivity index (χ1v) is 10.1. The summed E-state index contributed by atoms with van der Waals surface area (Å²) >= 11 is 0. The molecule has 1 aromatic heterocycles. The van der Waals surface area contributed by atoms with Gasteiger partial charge in [-0.25, -0.2) is 4.98 Å².